The topological polar surface area (TPSA) is 48.5 Å². The summed E-state index contributed by atoms with van der Waals surface area (Å²) in [5, 5.41) is 3.57. The average molecular weight is 377 g/mol. The minimum atomic E-state index is -0.344. The van der Waals surface area contributed by atoms with E-state index in [4.69, 9.17) is 11.6 Å². The molecule has 1 saturated heterocycles. The second-order valence-electron chi connectivity index (χ2n) is 6.59. The van der Waals surface area contributed by atoms with Crippen LogP contribution in [0, 0.1) is 5.82 Å². The van der Waals surface area contributed by atoms with Crippen LogP contribution in [0.15, 0.2) is 42.7 Å². The largest absolute Gasteiger partial charge is 0.365 e. The van der Waals surface area contributed by atoms with Gasteiger partial charge in [-0.15, -0.1) is 0 Å². The third kappa shape index (κ3) is 3.90. The van der Waals surface area contributed by atoms with Gasteiger partial charge in [-0.3, -0.25) is 4.98 Å². The molecule has 0 bridgehead atoms. The molecule has 0 spiro atoms. The molecule has 1 fully saturated rings. The van der Waals surface area contributed by atoms with Gasteiger partial charge < -0.3 is 15.1 Å². The lowest BCUT2D eigenvalue weighted by Crippen LogP contribution is -2.61. The maximum atomic E-state index is 14.0. The van der Waals surface area contributed by atoms with E-state index < -0.39 is 0 Å². The highest BCUT2D eigenvalue weighted by atomic mass is 35.5. The van der Waals surface area contributed by atoms with Crippen LogP contribution in [-0.2, 0) is 6.54 Å². The summed E-state index contributed by atoms with van der Waals surface area (Å²) in [5.41, 5.74) is 1.40. The van der Waals surface area contributed by atoms with E-state index in [1.807, 2.05) is 41.8 Å². The van der Waals surface area contributed by atoms with Gasteiger partial charge in [-0.05, 0) is 31.5 Å². The van der Waals surface area contributed by atoms with Crippen LogP contribution in [0.3, 0.4) is 0 Å². The Morgan fingerprint density at radius 3 is 2.62 bits per heavy atom. The van der Waals surface area contributed by atoms with Gasteiger partial charge in [0.25, 0.3) is 0 Å². The summed E-state index contributed by atoms with van der Waals surface area (Å²) in [6.07, 6.45) is 2.80. The highest BCUT2D eigenvalue weighted by Gasteiger charge is 2.33. The number of anilines is 1. The van der Waals surface area contributed by atoms with Crippen LogP contribution in [0.25, 0.3) is 0 Å². The van der Waals surface area contributed by atoms with Crippen LogP contribution in [0.1, 0.15) is 19.4 Å². The minimum Gasteiger partial charge on any atom is -0.365 e. The molecule has 2 atom stereocenters. The molecular formula is C19H22ClFN4O. The van der Waals surface area contributed by atoms with Gasteiger partial charge in [-0.25, -0.2) is 9.18 Å². The highest BCUT2D eigenvalue weighted by molar-refractivity contribution is 6.31. The third-order valence-electron chi connectivity index (χ3n) is 4.63. The van der Waals surface area contributed by atoms with Crippen molar-refractivity contribution in [1.82, 2.24) is 15.2 Å². The first-order valence-electron chi connectivity index (χ1n) is 8.61. The Bertz CT molecular complexity index is 776. The van der Waals surface area contributed by atoms with Gasteiger partial charge in [-0.2, -0.15) is 0 Å². The Balaban J connectivity index is 1.65. The van der Waals surface area contributed by atoms with Gasteiger partial charge in [0.15, 0.2) is 5.82 Å². The summed E-state index contributed by atoms with van der Waals surface area (Å²) in [5.74, 6) is -0.344. The van der Waals surface area contributed by atoms with E-state index in [1.165, 1.54) is 6.20 Å². The molecule has 0 radical (unpaired) electrons. The van der Waals surface area contributed by atoms with Crippen LogP contribution in [-0.4, -0.2) is 41.1 Å². The zero-order valence-corrected chi connectivity index (χ0v) is 15.6. The summed E-state index contributed by atoms with van der Waals surface area (Å²) < 4.78 is 14.0. The van der Waals surface area contributed by atoms with Gasteiger partial charge in [-0.1, -0.05) is 29.8 Å². The van der Waals surface area contributed by atoms with E-state index in [1.54, 1.807) is 18.3 Å². The van der Waals surface area contributed by atoms with E-state index in [0.29, 0.717) is 30.3 Å². The minimum absolute atomic E-state index is 0.0578. The summed E-state index contributed by atoms with van der Waals surface area (Å²) in [7, 11) is 0. The van der Waals surface area contributed by atoms with Gasteiger partial charge in [0, 0.05) is 42.9 Å². The Kier molecular flexibility index (Phi) is 5.61. The first-order valence-corrected chi connectivity index (χ1v) is 8.99. The predicted molar refractivity (Wildman–Crippen MR) is 101 cm³/mol. The molecule has 3 rings (SSSR count). The molecular weight excluding hydrogens is 355 g/mol. The third-order valence-corrected chi connectivity index (χ3v) is 5.00. The molecule has 1 N–H and O–H groups in total. The highest BCUT2D eigenvalue weighted by Crippen LogP contribution is 2.24. The zero-order chi connectivity index (χ0) is 18.7. The fourth-order valence-corrected chi connectivity index (χ4v) is 3.65. The van der Waals surface area contributed by atoms with Crippen molar-refractivity contribution < 1.29 is 9.18 Å². The Morgan fingerprint density at radius 1 is 1.27 bits per heavy atom. The number of carbonyl (C=O) groups is 1. The number of halogens is 2. The number of hydrogen-bond acceptors (Lipinski definition) is 3. The molecule has 0 aliphatic carbocycles. The van der Waals surface area contributed by atoms with E-state index in [-0.39, 0.29) is 23.9 Å². The monoisotopic (exact) mass is 376 g/mol. The molecule has 2 heterocycles. The van der Waals surface area contributed by atoms with Gasteiger partial charge in [0.2, 0.25) is 0 Å². The van der Waals surface area contributed by atoms with Gasteiger partial charge in [0.1, 0.15) is 0 Å². The number of aromatic nitrogens is 1. The van der Waals surface area contributed by atoms with Crippen molar-refractivity contribution in [3.63, 3.8) is 0 Å². The van der Waals surface area contributed by atoms with Crippen LogP contribution in [0.4, 0.5) is 14.9 Å². The van der Waals surface area contributed by atoms with E-state index in [2.05, 4.69) is 10.3 Å². The number of hydrogen-bond donors (Lipinski definition) is 1. The van der Waals surface area contributed by atoms with Gasteiger partial charge in [0.05, 0.1) is 11.9 Å². The van der Waals surface area contributed by atoms with Gasteiger partial charge >= 0.3 is 6.03 Å². The quantitative estimate of drug-likeness (QED) is 0.888. The zero-order valence-electron chi connectivity index (χ0n) is 14.8. The van der Waals surface area contributed by atoms with Crippen molar-refractivity contribution in [2.75, 3.05) is 18.0 Å². The lowest BCUT2D eigenvalue weighted by molar-refractivity contribution is 0.141. The van der Waals surface area contributed by atoms with Crippen LogP contribution in [0.2, 0.25) is 5.02 Å². The first kappa shape index (κ1) is 18.5. The van der Waals surface area contributed by atoms with Crippen molar-refractivity contribution in [2.45, 2.75) is 32.5 Å². The Morgan fingerprint density at radius 2 is 1.96 bits per heavy atom. The molecule has 0 saturated carbocycles. The fourth-order valence-electron chi connectivity index (χ4n) is 3.45. The number of carbonyl (C=O) groups excluding carboxylic acids is 1. The standard InChI is InChI=1S/C19H22ClFN4O/c1-13-11-24(18-7-8-22-10-17(18)21)12-14(2)25(13)19(26)23-9-15-5-3-4-6-16(15)20/h3-8,10,13-14H,9,11-12H2,1-2H3,(H,23,26). The molecule has 26 heavy (non-hydrogen) atoms. The van der Waals surface area contributed by atoms with Crippen molar-refractivity contribution >= 4 is 23.3 Å². The normalized spacial score (nSPS) is 20.2. The lowest BCUT2D eigenvalue weighted by Gasteiger charge is -2.45. The molecule has 2 aromatic rings. The molecule has 1 aliphatic rings. The number of amides is 2. The van der Waals surface area contributed by atoms with Crippen molar-refractivity contribution in [3.8, 4) is 0 Å². The maximum Gasteiger partial charge on any atom is 0.318 e. The van der Waals surface area contributed by atoms with Crippen LogP contribution in [0.5, 0.6) is 0 Å². The number of nitrogens with zero attached hydrogens (tertiary/aromatic N) is 3. The molecule has 1 aromatic carbocycles. The summed E-state index contributed by atoms with van der Waals surface area (Å²) in [4.78, 5) is 20.3. The summed E-state index contributed by atoms with van der Waals surface area (Å²) in [6.45, 7) is 5.43. The number of nitrogens with one attached hydrogen (secondary N) is 1. The van der Waals surface area contributed by atoms with Crippen molar-refractivity contribution in [3.05, 3.63) is 59.1 Å². The number of benzene rings is 1. The first-order chi connectivity index (χ1) is 12.5. The molecule has 7 heteroatoms. The molecule has 5 nitrogen and oxygen atoms in total. The Hall–Kier alpha value is -2.34. The number of rotatable bonds is 3. The van der Waals surface area contributed by atoms with Crippen molar-refractivity contribution in [1.29, 1.82) is 0 Å². The van der Waals surface area contributed by atoms with Crippen molar-refractivity contribution in [2.24, 2.45) is 0 Å². The summed E-state index contributed by atoms with van der Waals surface area (Å²) in [6, 6.07) is 8.85. The summed E-state index contributed by atoms with van der Waals surface area (Å²) >= 11 is 6.14. The SMILES string of the molecule is CC1CN(c2ccncc2F)CC(C)N1C(=O)NCc1ccccc1Cl. The molecule has 138 valence electrons. The Labute approximate surface area is 157 Å². The number of piperazine rings is 1. The molecule has 1 aliphatic heterocycles. The smallest absolute Gasteiger partial charge is 0.318 e. The predicted octanol–water partition coefficient (Wildman–Crippen LogP) is 3.68. The average Bonchev–Trinajstić information content (AvgIpc) is 2.61. The van der Waals surface area contributed by atoms with E-state index in [0.717, 1.165) is 5.56 Å². The maximum absolute atomic E-state index is 14.0. The molecule has 2 amide bonds. The number of pyridine rings is 1. The fraction of sp³-hybridized carbons (Fsp3) is 0.368. The second kappa shape index (κ2) is 7.91. The lowest BCUT2D eigenvalue weighted by atomic mass is 10.1. The van der Waals surface area contributed by atoms with Crippen LogP contribution >= 0.6 is 11.6 Å². The molecule has 2 unspecified atom stereocenters. The van der Waals surface area contributed by atoms with E-state index >= 15 is 0 Å². The van der Waals surface area contributed by atoms with Crippen LogP contribution < -0.4 is 10.2 Å². The number of urea groups is 1. The van der Waals surface area contributed by atoms with E-state index in [9.17, 15) is 9.18 Å². The molecule has 1 aromatic heterocycles. The second-order valence-corrected chi connectivity index (χ2v) is 6.99.